The van der Waals surface area contributed by atoms with Gasteiger partial charge in [0.15, 0.2) is 23.0 Å². The lowest BCUT2D eigenvalue weighted by molar-refractivity contribution is 0.0939. The van der Waals surface area contributed by atoms with E-state index in [1.54, 1.807) is 46.6 Å². The highest BCUT2D eigenvalue weighted by Gasteiger charge is 2.18. The largest absolute Gasteiger partial charge is 0.493 e. The van der Waals surface area contributed by atoms with Crippen molar-refractivity contribution in [3.05, 3.63) is 59.7 Å². The van der Waals surface area contributed by atoms with Crippen LogP contribution in [0.1, 0.15) is 34.5 Å². The molecular formula is C24H31NO6. The van der Waals surface area contributed by atoms with Crippen LogP contribution in [0.3, 0.4) is 0 Å². The first-order valence-corrected chi connectivity index (χ1v) is 9.95. The van der Waals surface area contributed by atoms with Gasteiger partial charge in [0.25, 0.3) is 5.91 Å². The van der Waals surface area contributed by atoms with Crippen molar-refractivity contribution in [2.24, 2.45) is 0 Å². The van der Waals surface area contributed by atoms with Crippen LogP contribution >= 0.6 is 0 Å². The smallest absolute Gasteiger partial charge is 0.251 e. The average molecular weight is 430 g/mol. The zero-order chi connectivity index (χ0) is 22.8. The van der Waals surface area contributed by atoms with Gasteiger partial charge in [-0.05, 0) is 43.2 Å². The molecule has 0 aromatic heterocycles. The maximum atomic E-state index is 12.9. The molecule has 0 aliphatic heterocycles. The van der Waals surface area contributed by atoms with Gasteiger partial charge in [-0.2, -0.15) is 0 Å². The molecule has 0 radical (unpaired) electrons. The van der Waals surface area contributed by atoms with E-state index in [0.29, 0.717) is 48.2 Å². The van der Waals surface area contributed by atoms with Gasteiger partial charge in [0.05, 0.1) is 34.0 Å². The number of benzene rings is 2. The van der Waals surface area contributed by atoms with E-state index in [4.69, 9.17) is 23.7 Å². The normalized spacial score (nSPS) is 11.4. The average Bonchev–Trinajstić information content (AvgIpc) is 2.78. The Hall–Kier alpha value is -3.19. The van der Waals surface area contributed by atoms with E-state index in [9.17, 15) is 4.79 Å². The van der Waals surface area contributed by atoms with Gasteiger partial charge < -0.3 is 29.0 Å². The Labute approximate surface area is 183 Å². The third-order valence-electron chi connectivity index (χ3n) is 4.76. The molecule has 2 aromatic rings. The summed E-state index contributed by atoms with van der Waals surface area (Å²) in [4.78, 5) is 12.9. The van der Waals surface area contributed by atoms with Crippen LogP contribution in [-0.4, -0.2) is 47.6 Å². The standard InChI is InChI=1S/C24H31NO6/c1-7-8-18-13-19(15-22(29-5)23(18)30-6)24(26)25-16(2)17-9-10-20(21(14-17)28-4)31-12-11-27-3/h7,9-10,13-16H,1,8,11-12H2,2-6H3,(H,25,26). The summed E-state index contributed by atoms with van der Waals surface area (Å²) in [5.41, 5.74) is 2.19. The molecule has 2 rings (SSSR count). The lowest BCUT2D eigenvalue weighted by Crippen LogP contribution is -2.27. The minimum atomic E-state index is -0.259. The van der Waals surface area contributed by atoms with Crippen molar-refractivity contribution in [2.45, 2.75) is 19.4 Å². The monoisotopic (exact) mass is 429 g/mol. The highest BCUT2D eigenvalue weighted by molar-refractivity contribution is 5.95. The number of allylic oxidation sites excluding steroid dienone is 1. The van der Waals surface area contributed by atoms with E-state index in [1.807, 2.05) is 25.1 Å². The van der Waals surface area contributed by atoms with Crippen molar-refractivity contribution in [2.75, 3.05) is 41.7 Å². The zero-order valence-corrected chi connectivity index (χ0v) is 18.8. The number of rotatable bonds is 12. The van der Waals surface area contributed by atoms with Crippen LogP contribution in [0.5, 0.6) is 23.0 Å². The summed E-state index contributed by atoms with van der Waals surface area (Å²) in [5.74, 6) is 2.09. The van der Waals surface area contributed by atoms with E-state index < -0.39 is 0 Å². The van der Waals surface area contributed by atoms with Gasteiger partial charge >= 0.3 is 0 Å². The third kappa shape index (κ3) is 6.15. The minimum Gasteiger partial charge on any atom is -0.493 e. The van der Waals surface area contributed by atoms with Crippen molar-refractivity contribution in [3.8, 4) is 23.0 Å². The topological polar surface area (TPSA) is 75.3 Å². The van der Waals surface area contributed by atoms with Gasteiger partial charge in [-0.1, -0.05) is 12.1 Å². The molecule has 0 bridgehead atoms. The minimum absolute atomic E-state index is 0.224. The number of hydrogen-bond donors (Lipinski definition) is 1. The summed E-state index contributed by atoms with van der Waals surface area (Å²) in [6.45, 7) is 6.58. The predicted octanol–water partition coefficient (Wildman–Crippen LogP) is 3.96. The highest BCUT2D eigenvalue weighted by atomic mass is 16.5. The van der Waals surface area contributed by atoms with E-state index in [2.05, 4.69) is 11.9 Å². The molecule has 1 atom stereocenters. The van der Waals surface area contributed by atoms with E-state index in [1.165, 1.54) is 0 Å². The molecule has 1 unspecified atom stereocenters. The van der Waals surface area contributed by atoms with Crippen molar-refractivity contribution in [1.29, 1.82) is 0 Å². The summed E-state index contributed by atoms with van der Waals surface area (Å²) in [5, 5.41) is 3.02. The summed E-state index contributed by atoms with van der Waals surface area (Å²) < 4.78 is 27.0. The molecule has 0 spiro atoms. The van der Waals surface area contributed by atoms with Gasteiger partial charge in [-0.25, -0.2) is 0 Å². The van der Waals surface area contributed by atoms with Crippen LogP contribution in [0, 0.1) is 0 Å². The second-order valence-electron chi connectivity index (χ2n) is 6.81. The molecular weight excluding hydrogens is 398 g/mol. The van der Waals surface area contributed by atoms with Crippen LogP contribution in [0.15, 0.2) is 43.0 Å². The molecule has 2 aromatic carbocycles. The number of amides is 1. The first-order chi connectivity index (χ1) is 15.0. The Morgan fingerprint density at radius 3 is 2.35 bits per heavy atom. The molecule has 0 fully saturated rings. The Morgan fingerprint density at radius 2 is 1.74 bits per heavy atom. The lowest BCUT2D eigenvalue weighted by atomic mass is 10.0. The molecule has 1 amide bonds. The van der Waals surface area contributed by atoms with Crippen LogP contribution in [0.25, 0.3) is 0 Å². The zero-order valence-electron chi connectivity index (χ0n) is 18.8. The van der Waals surface area contributed by atoms with Gasteiger partial charge in [0.2, 0.25) is 0 Å². The second kappa shape index (κ2) is 11.9. The number of hydrogen-bond acceptors (Lipinski definition) is 6. The predicted molar refractivity (Wildman–Crippen MR) is 120 cm³/mol. The molecule has 0 aliphatic carbocycles. The number of methoxy groups -OCH3 is 4. The summed E-state index contributed by atoms with van der Waals surface area (Å²) in [6, 6.07) is 8.77. The summed E-state index contributed by atoms with van der Waals surface area (Å²) in [7, 11) is 6.31. The Balaban J connectivity index is 2.21. The van der Waals surface area contributed by atoms with Crippen LogP contribution < -0.4 is 24.3 Å². The molecule has 31 heavy (non-hydrogen) atoms. The first-order valence-electron chi connectivity index (χ1n) is 9.95. The SMILES string of the molecule is C=CCc1cc(C(=O)NC(C)c2ccc(OCCOC)c(OC)c2)cc(OC)c1OC. The lowest BCUT2D eigenvalue weighted by Gasteiger charge is -2.18. The maximum absolute atomic E-state index is 12.9. The highest BCUT2D eigenvalue weighted by Crippen LogP contribution is 2.34. The molecule has 0 aliphatic rings. The van der Waals surface area contributed by atoms with Crippen LogP contribution in [-0.2, 0) is 11.2 Å². The second-order valence-corrected chi connectivity index (χ2v) is 6.81. The number of ether oxygens (including phenoxy) is 5. The van der Waals surface area contributed by atoms with Gasteiger partial charge in [-0.15, -0.1) is 6.58 Å². The molecule has 7 heteroatoms. The molecule has 0 saturated carbocycles. The third-order valence-corrected chi connectivity index (χ3v) is 4.76. The summed E-state index contributed by atoms with van der Waals surface area (Å²) >= 11 is 0. The van der Waals surface area contributed by atoms with Crippen molar-refractivity contribution < 1.29 is 28.5 Å². The quantitative estimate of drug-likeness (QED) is 0.407. The Morgan fingerprint density at radius 1 is 1.00 bits per heavy atom. The van der Waals surface area contributed by atoms with Crippen LogP contribution in [0.2, 0.25) is 0 Å². The van der Waals surface area contributed by atoms with E-state index >= 15 is 0 Å². The number of nitrogens with one attached hydrogen (secondary N) is 1. The molecule has 168 valence electrons. The molecule has 0 heterocycles. The molecule has 7 nitrogen and oxygen atoms in total. The number of carbonyl (C=O) groups is 1. The van der Waals surface area contributed by atoms with E-state index in [-0.39, 0.29) is 11.9 Å². The maximum Gasteiger partial charge on any atom is 0.251 e. The summed E-state index contributed by atoms with van der Waals surface area (Å²) in [6.07, 6.45) is 2.31. The Kier molecular flexibility index (Phi) is 9.21. The van der Waals surface area contributed by atoms with Gasteiger partial charge in [0.1, 0.15) is 6.61 Å². The Bertz CT molecular complexity index is 896. The van der Waals surface area contributed by atoms with Gasteiger partial charge in [-0.3, -0.25) is 4.79 Å². The first kappa shape index (κ1) is 24.1. The fourth-order valence-corrected chi connectivity index (χ4v) is 3.15. The van der Waals surface area contributed by atoms with Crippen molar-refractivity contribution in [3.63, 3.8) is 0 Å². The van der Waals surface area contributed by atoms with Crippen molar-refractivity contribution >= 4 is 5.91 Å². The fourth-order valence-electron chi connectivity index (χ4n) is 3.15. The van der Waals surface area contributed by atoms with E-state index in [0.717, 1.165) is 11.1 Å². The molecule has 1 N–H and O–H groups in total. The fraction of sp³-hybridized carbons (Fsp3) is 0.375. The van der Waals surface area contributed by atoms with Gasteiger partial charge in [0, 0.05) is 18.2 Å². The van der Waals surface area contributed by atoms with Crippen molar-refractivity contribution in [1.82, 2.24) is 5.32 Å². The molecule has 0 saturated heterocycles. The van der Waals surface area contributed by atoms with Crippen LogP contribution in [0.4, 0.5) is 0 Å². The number of carbonyl (C=O) groups excluding carboxylic acids is 1.